The van der Waals surface area contributed by atoms with E-state index in [0.717, 1.165) is 7.11 Å². The van der Waals surface area contributed by atoms with E-state index in [-0.39, 0.29) is 0 Å². The molecule has 1 amide bonds. The van der Waals surface area contributed by atoms with Gasteiger partial charge in [-0.15, -0.1) is 0 Å². The Morgan fingerprint density at radius 3 is 1.85 bits per heavy atom. The number of aliphatic carboxylic acids is 1. The zero-order chi connectivity index (χ0) is 11.3. The van der Waals surface area contributed by atoms with Gasteiger partial charge in [-0.05, 0) is 0 Å². The number of carbonyl (C=O) groups excluding carboxylic acids is 1. The fourth-order valence-electron chi connectivity index (χ4n) is 0.220. The van der Waals surface area contributed by atoms with Crippen LogP contribution in [0.2, 0.25) is 0 Å². The monoisotopic (exact) mass is 193 g/mol. The molecule has 0 atom stereocenters. The quantitative estimate of drug-likeness (QED) is 0.696. The fourth-order valence-corrected chi connectivity index (χ4v) is 0.220. The van der Waals surface area contributed by atoms with Gasteiger partial charge in [0.25, 0.3) is 0 Å². The summed E-state index contributed by atoms with van der Waals surface area (Å²) in [6, 6.07) is 0. The molecule has 2 N–H and O–H groups in total. The van der Waals surface area contributed by atoms with Gasteiger partial charge in [0.15, 0.2) is 0 Å². The summed E-state index contributed by atoms with van der Waals surface area (Å²) < 4.78 is 4.09. The number of rotatable bonds is 2. The zero-order valence-electron chi connectivity index (χ0n) is 8.88. The van der Waals surface area contributed by atoms with Gasteiger partial charge in [-0.25, -0.2) is 4.79 Å². The average molecular weight is 193 g/mol. The Balaban J connectivity index is -0.000000218. The summed E-state index contributed by atoms with van der Waals surface area (Å²) >= 11 is 0. The third-order valence-corrected chi connectivity index (χ3v) is 0.569. The molecule has 0 aromatic heterocycles. The predicted octanol–water partition coefficient (Wildman–Crippen LogP) is 1.48. The molecule has 0 rings (SSSR count). The number of carbonyl (C=O) groups is 2. The highest BCUT2D eigenvalue weighted by Crippen LogP contribution is 1.68. The van der Waals surface area contributed by atoms with Gasteiger partial charge in [0.05, 0.1) is 7.11 Å². The van der Waals surface area contributed by atoms with Crippen molar-refractivity contribution in [3.05, 3.63) is 0 Å². The molecule has 5 heteroatoms. The maximum absolute atomic E-state index is 10.1. The number of carboxylic acid groups (broad SMARTS) is 1. The first kappa shape index (κ1) is 17.7. The molecule has 0 unspecified atom stereocenters. The molecule has 0 aromatic rings. The van der Waals surface area contributed by atoms with Gasteiger partial charge < -0.3 is 15.2 Å². The highest BCUT2D eigenvalue weighted by Gasteiger charge is 1.99. The van der Waals surface area contributed by atoms with E-state index in [9.17, 15) is 9.59 Å². The number of nitrogens with one attached hydrogen (secondary N) is 1. The lowest BCUT2D eigenvalue weighted by atomic mass is 10.7. The van der Waals surface area contributed by atoms with E-state index in [1.165, 1.54) is 0 Å². The Kier molecular flexibility index (Phi) is 23.2. The van der Waals surface area contributed by atoms with Crippen molar-refractivity contribution in [3.8, 4) is 0 Å². The van der Waals surface area contributed by atoms with Crippen LogP contribution in [0.4, 0.5) is 4.79 Å². The summed E-state index contributed by atoms with van der Waals surface area (Å²) in [5.41, 5.74) is 0. The molecule has 0 spiro atoms. The molecule has 0 fully saturated rings. The van der Waals surface area contributed by atoms with Crippen LogP contribution in [0.25, 0.3) is 0 Å². The minimum atomic E-state index is -1.10. The first-order chi connectivity index (χ1) is 6.16. The molecule has 0 radical (unpaired) electrons. The second kappa shape index (κ2) is 17.0. The number of methoxy groups -OCH3 is 1. The van der Waals surface area contributed by atoms with Gasteiger partial charge >= 0.3 is 12.1 Å². The third kappa shape index (κ3) is 24.9. The van der Waals surface area contributed by atoms with Crippen molar-refractivity contribution in [2.45, 2.75) is 27.7 Å². The van der Waals surface area contributed by atoms with Gasteiger partial charge in [0.1, 0.15) is 6.54 Å². The van der Waals surface area contributed by atoms with Crippen LogP contribution in [-0.4, -0.2) is 30.8 Å². The molecule has 5 nitrogen and oxygen atoms in total. The van der Waals surface area contributed by atoms with Crippen molar-refractivity contribution in [1.82, 2.24) is 5.32 Å². The minimum absolute atomic E-state index is 0.410. The standard InChI is InChI=1S/C4H7NO4.2C2H6/c1-9-4(8)5-2-3(6)7;2*1-2/h2H2,1H3,(H,5,8)(H,6,7);2*1-2H3. The lowest BCUT2D eigenvalue weighted by Gasteiger charge is -1.96. The normalized spacial score (nSPS) is 6.54. The second-order valence-corrected chi connectivity index (χ2v) is 1.24. The number of carboxylic acids is 1. The van der Waals surface area contributed by atoms with Crippen molar-refractivity contribution in [1.29, 1.82) is 0 Å². The Labute approximate surface area is 79.1 Å². The maximum Gasteiger partial charge on any atom is 0.407 e. The molecular formula is C8H19NO4. The first-order valence-corrected chi connectivity index (χ1v) is 4.20. The van der Waals surface area contributed by atoms with Gasteiger partial charge in [-0.2, -0.15) is 0 Å². The third-order valence-electron chi connectivity index (χ3n) is 0.569. The molecule has 0 aliphatic rings. The van der Waals surface area contributed by atoms with E-state index in [2.05, 4.69) is 4.74 Å². The summed E-state index contributed by atoms with van der Waals surface area (Å²) in [7, 11) is 1.16. The molecule has 0 aliphatic heterocycles. The molecule has 0 saturated carbocycles. The van der Waals surface area contributed by atoms with Crippen LogP contribution in [0, 0.1) is 0 Å². The van der Waals surface area contributed by atoms with Crippen LogP contribution in [0.15, 0.2) is 0 Å². The van der Waals surface area contributed by atoms with Gasteiger partial charge in [-0.1, -0.05) is 27.7 Å². The number of ether oxygens (including phenoxy) is 1. The number of alkyl carbamates (subject to hydrolysis) is 1. The topological polar surface area (TPSA) is 75.6 Å². The van der Waals surface area contributed by atoms with Crippen LogP contribution in [0.1, 0.15) is 27.7 Å². The molecule has 0 aliphatic carbocycles. The Morgan fingerprint density at radius 2 is 1.62 bits per heavy atom. The van der Waals surface area contributed by atoms with Gasteiger partial charge in [0, 0.05) is 0 Å². The Morgan fingerprint density at radius 1 is 1.23 bits per heavy atom. The smallest absolute Gasteiger partial charge is 0.407 e. The largest absolute Gasteiger partial charge is 0.480 e. The lowest BCUT2D eigenvalue weighted by Crippen LogP contribution is -2.28. The highest BCUT2D eigenvalue weighted by atomic mass is 16.5. The van der Waals surface area contributed by atoms with Crippen LogP contribution < -0.4 is 5.32 Å². The summed E-state index contributed by atoms with van der Waals surface area (Å²) in [4.78, 5) is 19.9. The summed E-state index contributed by atoms with van der Waals surface area (Å²) in [6.45, 7) is 7.59. The van der Waals surface area contributed by atoms with Crippen LogP contribution in [0.5, 0.6) is 0 Å². The number of amides is 1. The average Bonchev–Trinajstić information content (AvgIpc) is 2.20. The fraction of sp³-hybridized carbons (Fsp3) is 0.750. The van der Waals surface area contributed by atoms with Crippen molar-refractivity contribution in [2.24, 2.45) is 0 Å². The van der Waals surface area contributed by atoms with Gasteiger partial charge in [0.2, 0.25) is 0 Å². The molecular weight excluding hydrogens is 174 g/mol. The van der Waals surface area contributed by atoms with Crippen LogP contribution in [-0.2, 0) is 9.53 Å². The number of hydrogen-bond acceptors (Lipinski definition) is 3. The zero-order valence-corrected chi connectivity index (χ0v) is 8.88. The SMILES string of the molecule is CC.CC.COC(=O)NCC(=O)O. The predicted molar refractivity (Wildman–Crippen MR) is 50.7 cm³/mol. The Bertz CT molecular complexity index is 125. The summed E-state index contributed by atoms with van der Waals surface area (Å²) in [6.07, 6.45) is -0.739. The molecule has 0 heterocycles. The highest BCUT2D eigenvalue weighted by molar-refractivity contribution is 5.76. The van der Waals surface area contributed by atoms with Crippen molar-refractivity contribution in [3.63, 3.8) is 0 Å². The van der Waals surface area contributed by atoms with Crippen LogP contribution in [0.3, 0.4) is 0 Å². The molecule has 0 bridgehead atoms. The van der Waals surface area contributed by atoms with E-state index in [1.807, 2.05) is 33.0 Å². The first-order valence-electron chi connectivity index (χ1n) is 4.20. The van der Waals surface area contributed by atoms with E-state index >= 15 is 0 Å². The van der Waals surface area contributed by atoms with Gasteiger partial charge in [-0.3, -0.25) is 4.79 Å². The maximum atomic E-state index is 10.1. The van der Waals surface area contributed by atoms with Crippen LogP contribution >= 0.6 is 0 Å². The van der Waals surface area contributed by atoms with E-state index in [1.54, 1.807) is 0 Å². The van der Waals surface area contributed by atoms with E-state index < -0.39 is 18.6 Å². The molecule has 80 valence electrons. The molecule has 0 saturated heterocycles. The second-order valence-electron chi connectivity index (χ2n) is 1.24. The lowest BCUT2D eigenvalue weighted by molar-refractivity contribution is -0.135. The molecule has 13 heavy (non-hydrogen) atoms. The van der Waals surface area contributed by atoms with Crippen molar-refractivity contribution < 1.29 is 19.4 Å². The summed E-state index contributed by atoms with van der Waals surface area (Å²) in [5, 5.41) is 9.96. The van der Waals surface area contributed by atoms with Crippen molar-refractivity contribution >= 4 is 12.1 Å². The summed E-state index contributed by atoms with van der Waals surface area (Å²) in [5.74, 6) is -1.10. The number of hydrogen-bond donors (Lipinski definition) is 2. The molecule has 0 aromatic carbocycles. The van der Waals surface area contributed by atoms with E-state index in [4.69, 9.17) is 5.11 Å². The van der Waals surface area contributed by atoms with E-state index in [0.29, 0.717) is 0 Å². The van der Waals surface area contributed by atoms with Crippen molar-refractivity contribution in [2.75, 3.05) is 13.7 Å². The Hall–Kier alpha value is -1.26. The minimum Gasteiger partial charge on any atom is -0.480 e.